The molecule has 0 atom stereocenters. The first kappa shape index (κ1) is 19.7. The Morgan fingerprint density at radius 2 is 1.72 bits per heavy atom. The van der Waals surface area contributed by atoms with E-state index in [0.29, 0.717) is 0 Å². The molecular formula is C26H29N2S+. The van der Waals surface area contributed by atoms with Crippen LogP contribution in [0.3, 0.4) is 0 Å². The number of aryl methyl sites for hydroxylation is 1. The Labute approximate surface area is 178 Å². The molecule has 0 bridgehead atoms. The van der Waals surface area contributed by atoms with Gasteiger partial charge in [-0.25, -0.2) is 0 Å². The summed E-state index contributed by atoms with van der Waals surface area (Å²) in [6.45, 7) is 10.0. The number of hydrogen-bond acceptors (Lipinski definition) is 2. The Hall–Kier alpha value is -2.65. The minimum absolute atomic E-state index is 0.0109. The molecule has 0 radical (unpaired) electrons. The van der Waals surface area contributed by atoms with Crippen LogP contribution in [0.4, 0.5) is 5.69 Å². The van der Waals surface area contributed by atoms with Gasteiger partial charge < -0.3 is 4.90 Å². The molecule has 0 amide bonds. The number of likely N-dealkylation sites (N-methyl/N-ethyl adjacent to an activating group) is 1. The second kappa shape index (κ2) is 7.64. The van der Waals surface area contributed by atoms with Crippen molar-refractivity contribution in [3.05, 3.63) is 87.9 Å². The fraction of sp³-hybridized carbons (Fsp3) is 0.269. The van der Waals surface area contributed by atoms with E-state index >= 15 is 0 Å². The van der Waals surface area contributed by atoms with Crippen LogP contribution < -0.4 is 9.47 Å². The molecule has 0 fully saturated rings. The average molecular weight is 402 g/mol. The second-order valence-corrected chi connectivity index (χ2v) is 9.30. The minimum Gasteiger partial charge on any atom is -0.347 e. The minimum atomic E-state index is 0.0109. The van der Waals surface area contributed by atoms with Crippen LogP contribution in [0.25, 0.3) is 17.3 Å². The van der Waals surface area contributed by atoms with E-state index in [1.54, 1.807) is 0 Å². The molecule has 0 saturated carbocycles. The predicted octanol–water partition coefficient (Wildman–Crippen LogP) is 6.36. The van der Waals surface area contributed by atoms with E-state index in [1.165, 1.54) is 38.1 Å². The third-order valence-electron chi connectivity index (χ3n) is 5.92. The Bertz CT molecular complexity index is 1090. The molecule has 0 aliphatic carbocycles. The maximum Gasteiger partial charge on any atom is 0.262 e. The molecule has 0 unspecified atom stereocenters. The number of para-hydroxylation sites is 1. The third kappa shape index (κ3) is 3.34. The van der Waals surface area contributed by atoms with Gasteiger partial charge in [-0.15, -0.1) is 0 Å². The van der Waals surface area contributed by atoms with Crippen molar-refractivity contribution >= 4 is 23.1 Å². The van der Waals surface area contributed by atoms with Crippen LogP contribution >= 0.6 is 11.3 Å². The summed E-state index contributed by atoms with van der Waals surface area (Å²) in [5.41, 5.74) is 6.65. The van der Waals surface area contributed by atoms with E-state index in [9.17, 15) is 0 Å². The van der Waals surface area contributed by atoms with Crippen LogP contribution in [0.2, 0.25) is 0 Å². The first-order valence-electron chi connectivity index (χ1n) is 10.3. The highest BCUT2D eigenvalue weighted by Gasteiger charge is 2.37. The normalized spacial score (nSPS) is 16.7. The SMILES string of the molecule is CC[n+]1c(/C=C/C=C2\N(C)c3ccccc3C2(C)C)sc(C)c1-c1ccccc1. The van der Waals surface area contributed by atoms with Crippen molar-refractivity contribution in [2.24, 2.45) is 0 Å². The van der Waals surface area contributed by atoms with Crippen molar-refractivity contribution in [1.82, 2.24) is 0 Å². The lowest BCUT2D eigenvalue weighted by atomic mass is 9.84. The molecule has 2 aromatic carbocycles. The van der Waals surface area contributed by atoms with Gasteiger partial charge in [-0.05, 0) is 43.7 Å². The maximum atomic E-state index is 2.42. The summed E-state index contributed by atoms with van der Waals surface area (Å²) in [4.78, 5) is 3.68. The lowest BCUT2D eigenvalue weighted by Crippen LogP contribution is -2.35. The molecule has 4 rings (SSSR count). The van der Waals surface area contributed by atoms with Gasteiger partial charge >= 0.3 is 0 Å². The number of hydrogen-bond donors (Lipinski definition) is 0. The van der Waals surface area contributed by atoms with Gasteiger partial charge in [-0.3, -0.25) is 0 Å². The van der Waals surface area contributed by atoms with Gasteiger partial charge in [0, 0.05) is 35.5 Å². The van der Waals surface area contributed by atoms with Crippen LogP contribution in [-0.2, 0) is 12.0 Å². The predicted molar refractivity (Wildman–Crippen MR) is 125 cm³/mol. The number of allylic oxidation sites excluding steroid dienone is 3. The molecule has 0 spiro atoms. The third-order valence-corrected chi connectivity index (χ3v) is 6.99. The molecule has 1 aliphatic rings. The monoisotopic (exact) mass is 401 g/mol. The summed E-state index contributed by atoms with van der Waals surface area (Å²) in [7, 11) is 2.17. The van der Waals surface area contributed by atoms with Gasteiger partial charge in [-0.2, -0.15) is 4.57 Å². The number of rotatable bonds is 4. The van der Waals surface area contributed by atoms with E-state index in [2.05, 4.69) is 117 Å². The summed E-state index contributed by atoms with van der Waals surface area (Å²) in [6.07, 6.45) is 6.75. The first-order chi connectivity index (χ1) is 13.9. The lowest BCUT2D eigenvalue weighted by Gasteiger charge is -2.23. The summed E-state index contributed by atoms with van der Waals surface area (Å²) in [5.74, 6) is 0. The lowest BCUT2D eigenvalue weighted by molar-refractivity contribution is -0.679. The zero-order valence-electron chi connectivity index (χ0n) is 17.9. The van der Waals surface area contributed by atoms with Crippen LogP contribution in [0, 0.1) is 6.92 Å². The van der Waals surface area contributed by atoms with Gasteiger partial charge in [0.05, 0.1) is 4.88 Å². The van der Waals surface area contributed by atoms with Gasteiger partial charge in [-0.1, -0.05) is 67.7 Å². The number of anilines is 1. The quantitative estimate of drug-likeness (QED) is 0.462. The molecule has 3 heteroatoms. The zero-order chi connectivity index (χ0) is 20.6. The summed E-state index contributed by atoms with van der Waals surface area (Å²) >= 11 is 1.86. The Morgan fingerprint density at radius 1 is 1.03 bits per heavy atom. The van der Waals surface area contributed by atoms with Crippen LogP contribution in [0.15, 0.2) is 72.4 Å². The fourth-order valence-corrected chi connectivity index (χ4v) is 5.59. The summed E-state index contributed by atoms with van der Waals surface area (Å²) in [6, 6.07) is 19.4. The molecule has 3 aromatic rings. The highest BCUT2D eigenvalue weighted by molar-refractivity contribution is 7.12. The molecule has 148 valence electrons. The number of aromatic nitrogens is 1. The van der Waals surface area contributed by atoms with Crippen LogP contribution in [0.1, 0.15) is 36.2 Å². The average Bonchev–Trinajstić information content (AvgIpc) is 3.15. The van der Waals surface area contributed by atoms with Gasteiger partial charge in [0.1, 0.15) is 6.54 Å². The Morgan fingerprint density at radius 3 is 2.41 bits per heavy atom. The number of fused-ring (bicyclic) bond motifs is 1. The molecule has 1 aliphatic heterocycles. The van der Waals surface area contributed by atoms with Gasteiger partial charge in [0.25, 0.3) is 5.01 Å². The number of thiazole rings is 1. The van der Waals surface area contributed by atoms with Crippen molar-refractivity contribution in [2.75, 3.05) is 11.9 Å². The Balaban J connectivity index is 1.69. The molecular weight excluding hydrogens is 372 g/mol. The fourth-order valence-electron chi connectivity index (χ4n) is 4.48. The van der Waals surface area contributed by atoms with Crippen molar-refractivity contribution in [3.8, 4) is 11.3 Å². The van der Waals surface area contributed by atoms with Crippen molar-refractivity contribution in [3.63, 3.8) is 0 Å². The highest BCUT2D eigenvalue weighted by atomic mass is 32.1. The Kier molecular flexibility index (Phi) is 5.18. The molecule has 1 aromatic heterocycles. The van der Waals surface area contributed by atoms with E-state index in [4.69, 9.17) is 0 Å². The zero-order valence-corrected chi connectivity index (χ0v) is 18.8. The topological polar surface area (TPSA) is 7.12 Å². The van der Waals surface area contributed by atoms with E-state index in [-0.39, 0.29) is 5.41 Å². The van der Waals surface area contributed by atoms with Crippen LogP contribution in [0.5, 0.6) is 0 Å². The largest absolute Gasteiger partial charge is 0.347 e. The number of benzene rings is 2. The maximum absolute atomic E-state index is 2.42. The van der Waals surface area contributed by atoms with E-state index < -0.39 is 0 Å². The molecule has 0 saturated heterocycles. The second-order valence-electron chi connectivity index (χ2n) is 8.07. The molecule has 2 heterocycles. The van der Waals surface area contributed by atoms with Crippen molar-refractivity contribution in [2.45, 2.75) is 39.7 Å². The van der Waals surface area contributed by atoms with Gasteiger partial charge in [0.15, 0.2) is 0 Å². The summed E-state index contributed by atoms with van der Waals surface area (Å²) < 4.78 is 2.42. The number of nitrogens with zero attached hydrogens (tertiary/aromatic N) is 2. The first-order valence-corrected chi connectivity index (χ1v) is 11.1. The molecule has 29 heavy (non-hydrogen) atoms. The van der Waals surface area contributed by atoms with E-state index in [0.717, 1.165) is 6.54 Å². The van der Waals surface area contributed by atoms with E-state index in [1.807, 2.05) is 11.3 Å². The smallest absolute Gasteiger partial charge is 0.262 e. The van der Waals surface area contributed by atoms with Gasteiger partial charge in [0.2, 0.25) is 5.69 Å². The highest BCUT2D eigenvalue weighted by Crippen LogP contribution is 2.46. The molecule has 2 nitrogen and oxygen atoms in total. The van der Waals surface area contributed by atoms with Crippen molar-refractivity contribution < 1.29 is 4.57 Å². The molecule has 0 N–H and O–H groups in total. The van der Waals surface area contributed by atoms with Crippen LogP contribution in [-0.4, -0.2) is 7.05 Å². The standard InChI is InChI=1S/C26H29N2S/c1-6-28-24(29-19(2)25(28)20-13-8-7-9-14-20)18-12-17-23-26(3,4)21-15-10-11-16-22(21)27(23)5/h7-18H,6H2,1-5H3/q+1. The summed E-state index contributed by atoms with van der Waals surface area (Å²) in [5, 5.41) is 1.29. The van der Waals surface area contributed by atoms with Crippen molar-refractivity contribution in [1.29, 1.82) is 0 Å².